The highest BCUT2D eigenvalue weighted by atomic mass is 32.2. The highest BCUT2D eigenvalue weighted by Gasteiger charge is 2.29. The molecule has 1 N–H and O–H groups in total. The Hall–Kier alpha value is -1.70. The Morgan fingerprint density at radius 2 is 1.86 bits per heavy atom. The molecule has 0 aromatic heterocycles. The predicted octanol–water partition coefficient (Wildman–Crippen LogP) is 2.98. The van der Waals surface area contributed by atoms with Crippen LogP contribution in [0.25, 0.3) is 0 Å². The first-order valence-corrected chi connectivity index (χ1v) is 6.89. The van der Waals surface area contributed by atoms with Crippen molar-refractivity contribution >= 4 is 23.6 Å². The van der Waals surface area contributed by atoms with Crippen LogP contribution in [0.5, 0.6) is 0 Å². The number of likely N-dealkylation sites (N-methyl/N-ethyl adjacent to an activating group) is 1. The zero-order valence-corrected chi connectivity index (χ0v) is 12.2. The molecule has 4 nitrogen and oxygen atoms in total. The third-order valence-electron chi connectivity index (χ3n) is 2.33. The molecule has 0 aliphatic carbocycles. The summed E-state index contributed by atoms with van der Waals surface area (Å²) in [6.07, 6.45) is -0.971. The first kappa shape index (κ1) is 17.4. The molecule has 0 saturated carbocycles. The molecule has 0 radical (unpaired) electrons. The molecule has 8 heteroatoms. The van der Waals surface area contributed by atoms with Crippen LogP contribution in [0.4, 0.5) is 13.2 Å². The van der Waals surface area contributed by atoms with Gasteiger partial charge in [-0.05, 0) is 49.9 Å². The summed E-state index contributed by atoms with van der Waals surface area (Å²) in [7, 11) is 0. The van der Waals surface area contributed by atoms with Crippen molar-refractivity contribution in [2.75, 3.05) is 6.54 Å². The van der Waals surface area contributed by atoms with Gasteiger partial charge in [0.2, 0.25) is 0 Å². The largest absolute Gasteiger partial charge is 0.449 e. The Kier molecular flexibility index (Phi) is 6.07. The van der Waals surface area contributed by atoms with Gasteiger partial charge in [-0.15, -0.1) is 0 Å². The van der Waals surface area contributed by atoms with Crippen molar-refractivity contribution in [2.24, 2.45) is 0 Å². The number of alkyl halides is 3. The number of ether oxygens (including phenoxy) is 1. The van der Waals surface area contributed by atoms with E-state index in [2.05, 4.69) is 5.32 Å². The van der Waals surface area contributed by atoms with E-state index in [0.717, 1.165) is 0 Å². The number of halogens is 3. The number of nitrogens with one attached hydrogen (secondary N) is 1. The molecule has 21 heavy (non-hydrogen) atoms. The quantitative estimate of drug-likeness (QED) is 0.669. The van der Waals surface area contributed by atoms with Crippen molar-refractivity contribution < 1.29 is 27.5 Å². The van der Waals surface area contributed by atoms with Gasteiger partial charge in [0, 0.05) is 11.4 Å². The molecule has 0 unspecified atom stereocenters. The minimum atomic E-state index is -4.38. The lowest BCUT2D eigenvalue weighted by molar-refractivity contribution is -0.128. The Morgan fingerprint density at radius 1 is 1.29 bits per heavy atom. The second-order valence-electron chi connectivity index (χ2n) is 4.01. The SMILES string of the molecule is CCNC(=O)[C@@H](C)OC(=O)c1ccc(SC(F)(F)F)cc1. The van der Waals surface area contributed by atoms with Gasteiger partial charge in [0.25, 0.3) is 5.91 Å². The molecule has 1 atom stereocenters. The number of hydrogen-bond donors (Lipinski definition) is 1. The van der Waals surface area contributed by atoms with E-state index < -0.39 is 23.5 Å². The van der Waals surface area contributed by atoms with Crippen LogP contribution in [0.15, 0.2) is 29.2 Å². The summed E-state index contributed by atoms with van der Waals surface area (Å²) in [4.78, 5) is 23.1. The van der Waals surface area contributed by atoms with Crippen molar-refractivity contribution in [3.05, 3.63) is 29.8 Å². The summed E-state index contributed by atoms with van der Waals surface area (Å²) < 4.78 is 41.4. The molecular weight excluding hydrogens is 307 g/mol. The summed E-state index contributed by atoms with van der Waals surface area (Å²) >= 11 is -0.270. The highest BCUT2D eigenvalue weighted by Crippen LogP contribution is 2.36. The summed E-state index contributed by atoms with van der Waals surface area (Å²) in [5.41, 5.74) is -4.30. The highest BCUT2D eigenvalue weighted by molar-refractivity contribution is 8.00. The van der Waals surface area contributed by atoms with Gasteiger partial charge in [-0.3, -0.25) is 4.79 Å². The van der Waals surface area contributed by atoms with Gasteiger partial charge in [-0.25, -0.2) is 4.79 Å². The molecular formula is C13H14F3NO3S. The molecule has 0 bridgehead atoms. The first-order chi connectivity index (χ1) is 9.73. The molecule has 1 aromatic carbocycles. The van der Waals surface area contributed by atoms with Crippen molar-refractivity contribution in [1.29, 1.82) is 0 Å². The van der Waals surface area contributed by atoms with Gasteiger partial charge in [0.15, 0.2) is 6.10 Å². The van der Waals surface area contributed by atoms with Gasteiger partial charge in [-0.1, -0.05) is 0 Å². The Morgan fingerprint density at radius 3 is 2.33 bits per heavy atom. The average Bonchev–Trinajstić information content (AvgIpc) is 2.37. The number of esters is 1. The lowest BCUT2D eigenvalue weighted by Crippen LogP contribution is -2.35. The van der Waals surface area contributed by atoms with Crippen LogP contribution in [-0.4, -0.2) is 30.0 Å². The zero-order valence-electron chi connectivity index (χ0n) is 11.4. The standard InChI is InChI=1S/C13H14F3NO3S/c1-3-17-11(18)8(2)20-12(19)9-4-6-10(7-5-9)21-13(14,15)16/h4-8H,3H2,1-2H3,(H,17,18)/t8-/m1/s1. The van der Waals surface area contributed by atoms with Crippen molar-refractivity contribution in [3.8, 4) is 0 Å². The predicted molar refractivity (Wildman–Crippen MR) is 71.9 cm³/mol. The second kappa shape index (κ2) is 7.35. The maximum Gasteiger partial charge on any atom is 0.446 e. The Bertz CT molecular complexity index is 502. The molecule has 0 fully saturated rings. The molecule has 116 valence electrons. The van der Waals surface area contributed by atoms with Crippen LogP contribution >= 0.6 is 11.8 Å². The van der Waals surface area contributed by atoms with E-state index in [1.165, 1.54) is 31.2 Å². The van der Waals surface area contributed by atoms with E-state index in [9.17, 15) is 22.8 Å². The number of amides is 1. The van der Waals surface area contributed by atoms with Crippen LogP contribution < -0.4 is 5.32 Å². The summed E-state index contributed by atoms with van der Waals surface area (Å²) in [5, 5.41) is 2.49. The van der Waals surface area contributed by atoms with Crippen LogP contribution in [0.2, 0.25) is 0 Å². The minimum absolute atomic E-state index is 0.0316. The maximum atomic E-state index is 12.2. The Balaban J connectivity index is 2.65. The normalized spacial score (nSPS) is 12.6. The van der Waals surface area contributed by atoms with Crippen molar-refractivity contribution in [3.63, 3.8) is 0 Å². The van der Waals surface area contributed by atoms with Crippen molar-refractivity contribution in [1.82, 2.24) is 5.32 Å². The third kappa shape index (κ3) is 6.07. The zero-order chi connectivity index (χ0) is 16.0. The number of carbonyl (C=O) groups excluding carboxylic acids is 2. The number of rotatable bonds is 5. The van der Waals surface area contributed by atoms with Gasteiger partial charge in [-0.2, -0.15) is 13.2 Å². The van der Waals surface area contributed by atoms with E-state index in [0.29, 0.717) is 6.54 Å². The van der Waals surface area contributed by atoms with Crippen LogP contribution in [0, 0.1) is 0 Å². The molecule has 1 rings (SSSR count). The van der Waals surface area contributed by atoms with E-state index in [1.54, 1.807) is 6.92 Å². The molecule has 1 aromatic rings. The van der Waals surface area contributed by atoms with Gasteiger partial charge in [0.1, 0.15) is 0 Å². The van der Waals surface area contributed by atoms with Gasteiger partial charge < -0.3 is 10.1 Å². The molecule has 0 saturated heterocycles. The molecule has 0 aliphatic rings. The minimum Gasteiger partial charge on any atom is -0.449 e. The van der Waals surface area contributed by atoms with Gasteiger partial charge >= 0.3 is 11.5 Å². The average molecular weight is 321 g/mol. The van der Waals surface area contributed by atoms with Crippen molar-refractivity contribution in [2.45, 2.75) is 30.4 Å². The fourth-order valence-electron chi connectivity index (χ4n) is 1.39. The van der Waals surface area contributed by atoms with E-state index in [1.807, 2.05) is 0 Å². The topological polar surface area (TPSA) is 55.4 Å². The van der Waals surface area contributed by atoms with E-state index >= 15 is 0 Å². The number of carbonyl (C=O) groups is 2. The Labute approximate surface area is 124 Å². The summed E-state index contributed by atoms with van der Waals surface area (Å²) in [6.45, 7) is 3.55. The lowest BCUT2D eigenvalue weighted by Gasteiger charge is -2.12. The maximum absolute atomic E-state index is 12.2. The summed E-state index contributed by atoms with van der Waals surface area (Å²) in [6, 6.07) is 4.79. The monoisotopic (exact) mass is 321 g/mol. The van der Waals surface area contributed by atoms with E-state index in [-0.39, 0.29) is 22.2 Å². The number of benzene rings is 1. The summed E-state index contributed by atoms with van der Waals surface area (Å²) in [5.74, 6) is -1.20. The lowest BCUT2D eigenvalue weighted by atomic mass is 10.2. The fourth-order valence-corrected chi connectivity index (χ4v) is 1.93. The van der Waals surface area contributed by atoms with Gasteiger partial charge in [0.05, 0.1) is 5.56 Å². The fraction of sp³-hybridized carbons (Fsp3) is 0.385. The second-order valence-corrected chi connectivity index (χ2v) is 5.15. The van der Waals surface area contributed by atoms with E-state index in [4.69, 9.17) is 4.74 Å². The van der Waals surface area contributed by atoms with Crippen LogP contribution in [0.3, 0.4) is 0 Å². The number of hydrogen-bond acceptors (Lipinski definition) is 4. The third-order valence-corrected chi connectivity index (χ3v) is 3.07. The first-order valence-electron chi connectivity index (χ1n) is 6.07. The molecule has 0 aliphatic heterocycles. The smallest absolute Gasteiger partial charge is 0.446 e. The molecule has 0 heterocycles. The van der Waals surface area contributed by atoms with Crippen LogP contribution in [0.1, 0.15) is 24.2 Å². The molecule has 0 spiro atoms. The number of thioether (sulfide) groups is 1. The molecule has 1 amide bonds. The van der Waals surface area contributed by atoms with Crippen LogP contribution in [-0.2, 0) is 9.53 Å².